The number of carbonyl (C=O) groups excluding carboxylic acids is 1. The number of nitrogens with one attached hydrogen (secondary N) is 2. The number of carbonyl (C=O) groups is 1. The third-order valence-electron chi connectivity index (χ3n) is 3.84. The molecule has 2 N–H and O–H groups in total. The van der Waals surface area contributed by atoms with Crippen molar-refractivity contribution >= 4 is 5.91 Å². The molecule has 1 atom stereocenters. The van der Waals surface area contributed by atoms with Crippen LogP contribution in [0.5, 0.6) is 0 Å². The molecule has 0 aliphatic carbocycles. The second kappa shape index (κ2) is 5.74. The lowest BCUT2D eigenvalue weighted by Gasteiger charge is -2.23. The summed E-state index contributed by atoms with van der Waals surface area (Å²) in [4.78, 5) is 11.9. The Morgan fingerprint density at radius 1 is 1.53 bits per heavy atom. The van der Waals surface area contributed by atoms with Crippen LogP contribution in [0.2, 0.25) is 0 Å². The quantitative estimate of drug-likeness (QED) is 0.850. The molecule has 5 nitrogen and oxygen atoms in total. The van der Waals surface area contributed by atoms with Gasteiger partial charge < -0.3 is 10.1 Å². The molecule has 106 valence electrons. The Labute approximate surface area is 114 Å². The molecular weight excluding hydrogens is 242 g/mol. The van der Waals surface area contributed by atoms with E-state index in [4.69, 9.17) is 4.74 Å². The molecule has 1 fully saturated rings. The Kier molecular flexibility index (Phi) is 4.24. The monoisotopic (exact) mass is 265 g/mol. The number of nitrogens with zero attached hydrogens (tertiary/aromatic N) is 1. The molecule has 0 aromatic carbocycles. The van der Waals surface area contributed by atoms with E-state index in [0.717, 1.165) is 42.8 Å². The van der Waals surface area contributed by atoms with Crippen molar-refractivity contribution in [1.29, 1.82) is 0 Å². The first-order valence-corrected chi connectivity index (χ1v) is 6.91. The molecule has 2 rings (SSSR count). The summed E-state index contributed by atoms with van der Waals surface area (Å²) in [5.41, 5.74) is 3.02. The van der Waals surface area contributed by atoms with Gasteiger partial charge in [-0.1, -0.05) is 0 Å². The van der Waals surface area contributed by atoms with E-state index in [1.807, 2.05) is 13.8 Å². The van der Waals surface area contributed by atoms with Crippen LogP contribution in [0.1, 0.15) is 43.1 Å². The molecule has 1 aromatic rings. The molecule has 0 bridgehead atoms. The summed E-state index contributed by atoms with van der Waals surface area (Å²) in [5.74, 6) is 0.0803. The van der Waals surface area contributed by atoms with Crippen LogP contribution in [-0.4, -0.2) is 34.9 Å². The van der Waals surface area contributed by atoms with Gasteiger partial charge in [-0.3, -0.25) is 9.89 Å². The van der Waals surface area contributed by atoms with Crippen LogP contribution < -0.4 is 5.32 Å². The lowest BCUT2D eigenvalue weighted by molar-refractivity contribution is -0.122. The van der Waals surface area contributed by atoms with Crippen LogP contribution in [0, 0.1) is 13.8 Å². The van der Waals surface area contributed by atoms with E-state index in [9.17, 15) is 4.79 Å². The Hall–Kier alpha value is -1.36. The minimum Gasteiger partial charge on any atom is -0.373 e. The van der Waals surface area contributed by atoms with Gasteiger partial charge in [0, 0.05) is 25.3 Å². The standard InChI is InChI=1S/C14H23N3O2/c1-10-12(11(2)17-16-10)5-6-13(18)15-9-14(3)7-4-8-19-14/h4-9H2,1-3H3,(H,15,18)(H,16,17)/t14-/m1/s1. The number of hydrogen-bond acceptors (Lipinski definition) is 3. The molecule has 0 radical (unpaired) electrons. The number of aryl methyl sites for hydroxylation is 2. The zero-order chi connectivity index (χ0) is 13.9. The van der Waals surface area contributed by atoms with E-state index in [2.05, 4.69) is 22.4 Å². The molecule has 2 heterocycles. The predicted molar refractivity (Wildman–Crippen MR) is 73.0 cm³/mol. The number of hydrogen-bond donors (Lipinski definition) is 2. The van der Waals surface area contributed by atoms with E-state index < -0.39 is 0 Å². The van der Waals surface area contributed by atoms with Crippen LogP contribution >= 0.6 is 0 Å². The summed E-state index contributed by atoms with van der Waals surface area (Å²) in [6, 6.07) is 0. The smallest absolute Gasteiger partial charge is 0.220 e. The van der Waals surface area contributed by atoms with Crippen molar-refractivity contribution in [1.82, 2.24) is 15.5 Å². The molecule has 1 amide bonds. The summed E-state index contributed by atoms with van der Waals surface area (Å²) < 4.78 is 5.65. The number of aromatic nitrogens is 2. The van der Waals surface area contributed by atoms with Crippen molar-refractivity contribution in [3.05, 3.63) is 17.0 Å². The highest BCUT2D eigenvalue weighted by Gasteiger charge is 2.29. The zero-order valence-electron chi connectivity index (χ0n) is 12.0. The molecule has 1 aromatic heterocycles. The molecule has 1 aliphatic rings. The third-order valence-corrected chi connectivity index (χ3v) is 3.84. The van der Waals surface area contributed by atoms with Gasteiger partial charge in [-0.25, -0.2) is 0 Å². The number of aromatic amines is 1. The fourth-order valence-corrected chi connectivity index (χ4v) is 2.53. The zero-order valence-corrected chi connectivity index (χ0v) is 12.0. The van der Waals surface area contributed by atoms with E-state index in [-0.39, 0.29) is 11.5 Å². The van der Waals surface area contributed by atoms with Gasteiger partial charge in [-0.2, -0.15) is 5.10 Å². The van der Waals surface area contributed by atoms with Gasteiger partial charge in [0.25, 0.3) is 0 Å². The maximum Gasteiger partial charge on any atom is 0.220 e. The number of rotatable bonds is 5. The molecular formula is C14H23N3O2. The average Bonchev–Trinajstić information content (AvgIpc) is 2.93. The first-order valence-electron chi connectivity index (χ1n) is 6.91. The Balaban J connectivity index is 1.76. The summed E-state index contributed by atoms with van der Waals surface area (Å²) in [6.07, 6.45) is 3.34. The van der Waals surface area contributed by atoms with Crippen LogP contribution in [0.3, 0.4) is 0 Å². The fourth-order valence-electron chi connectivity index (χ4n) is 2.53. The Bertz CT molecular complexity index is 428. The van der Waals surface area contributed by atoms with Gasteiger partial charge in [0.2, 0.25) is 5.91 Å². The highest BCUT2D eigenvalue weighted by atomic mass is 16.5. The van der Waals surface area contributed by atoms with Crippen LogP contribution in [0.4, 0.5) is 0 Å². The second-order valence-corrected chi connectivity index (χ2v) is 5.59. The minimum atomic E-state index is -0.170. The molecule has 5 heteroatoms. The maximum atomic E-state index is 11.9. The van der Waals surface area contributed by atoms with Crippen molar-refractivity contribution in [2.45, 2.75) is 52.1 Å². The van der Waals surface area contributed by atoms with Gasteiger partial charge in [-0.05, 0) is 45.6 Å². The largest absolute Gasteiger partial charge is 0.373 e. The van der Waals surface area contributed by atoms with Crippen molar-refractivity contribution in [3.63, 3.8) is 0 Å². The molecule has 0 saturated carbocycles. The molecule has 19 heavy (non-hydrogen) atoms. The molecule has 1 aliphatic heterocycles. The fraction of sp³-hybridized carbons (Fsp3) is 0.714. The van der Waals surface area contributed by atoms with Crippen molar-refractivity contribution < 1.29 is 9.53 Å². The van der Waals surface area contributed by atoms with Crippen LogP contribution in [0.25, 0.3) is 0 Å². The van der Waals surface area contributed by atoms with E-state index >= 15 is 0 Å². The van der Waals surface area contributed by atoms with E-state index in [1.54, 1.807) is 0 Å². The third kappa shape index (κ3) is 3.56. The summed E-state index contributed by atoms with van der Waals surface area (Å²) >= 11 is 0. The molecule has 1 saturated heterocycles. The van der Waals surface area contributed by atoms with Crippen molar-refractivity contribution in [3.8, 4) is 0 Å². The predicted octanol–water partition coefficient (Wildman–Crippen LogP) is 1.64. The maximum absolute atomic E-state index is 11.9. The van der Waals surface area contributed by atoms with E-state index in [0.29, 0.717) is 13.0 Å². The lowest BCUT2D eigenvalue weighted by atomic mass is 10.0. The van der Waals surface area contributed by atoms with Gasteiger partial charge in [0.1, 0.15) is 0 Å². The first kappa shape index (κ1) is 14.1. The Morgan fingerprint density at radius 2 is 2.32 bits per heavy atom. The number of H-pyrrole nitrogens is 1. The number of ether oxygens (including phenoxy) is 1. The minimum absolute atomic E-state index is 0.0803. The molecule has 0 spiro atoms. The van der Waals surface area contributed by atoms with Gasteiger partial charge in [-0.15, -0.1) is 0 Å². The van der Waals surface area contributed by atoms with Gasteiger partial charge >= 0.3 is 0 Å². The van der Waals surface area contributed by atoms with Crippen molar-refractivity contribution in [2.75, 3.05) is 13.2 Å². The summed E-state index contributed by atoms with van der Waals surface area (Å²) in [5, 5.41) is 10.1. The SMILES string of the molecule is Cc1n[nH]c(C)c1CCC(=O)NC[C@@]1(C)CCCO1. The summed E-state index contributed by atoms with van der Waals surface area (Å²) in [6.45, 7) is 7.42. The van der Waals surface area contributed by atoms with E-state index in [1.165, 1.54) is 0 Å². The lowest BCUT2D eigenvalue weighted by Crippen LogP contribution is -2.40. The second-order valence-electron chi connectivity index (χ2n) is 5.59. The highest BCUT2D eigenvalue weighted by Crippen LogP contribution is 2.23. The topological polar surface area (TPSA) is 67.0 Å². The van der Waals surface area contributed by atoms with Gasteiger partial charge in [0.15, 0.2) is 0 Å². The Morgan fingerprint density at radius 3 is 2.89 bits per heavy atom. The van der Waals surface area contributed by atoms with Gasteiger partial charge in [0.05, 0.1) is 11.3 Å². The average molecular weight is 265 g/mol. The number of amides is 1. The summed E-state index contributed by atoms with van der Waals surface area (Å²) in [7, 11) is 0. The highest BCUT2D eigenvalue weighted by molar-refractivity contribution is 5.76. The normalized spacial score (nSPS) is 22.7. The van der Waals surface area contributed by atoms with Crippen molar-refractivity contribution in [2.24, 2.45) is 0 Å². The van der Waals surface area contributed by atoms with Crippen LogP contribution in [-0.2, 0) is 16.0 Å². The molecule has 0 unspecified atom stereocenters. The first-order chi connectivity index (χ1) is 9.00. The van der Waals surface area contributed by atoms with Crippen LogP contribution in [0.15, 0.2) is 0 Å².